The molecule has 0 amide bonds. The normalized spacial score (nSPS) is 10.3. The summed E-state index contributed by atoms with van der Waals surface area (Å²) >= 11 is 0. The molecule has 0 aliphatic rings. The summed E-state index contributed by atoms with van der Waals surface area (Å²) in [4.78, 5) is 0. The molecule has 0 unspecified atom stereocenters. The average Bonchev–Trinajstić information content (AvgIpc) is 2.34. The molecule has 0 aliphatic carbocycles. The zero-order chi connectivity index (χ0) is 13.5. The summed E-state index contributed by atoms with van der Waals surface area (Å²) in [5.74, 6) is 0. The van der Waals surface area contributed by atoms with Crippen LogP contribution in [0.3, 0.4) is 0 Å². The monoisotopic (exact) mass is 282 g/mol. The molecule has 0 atom stereocenters. The van der Waals surface area contributed by atoms with Crippen LogP contribution in [-0.2, 0) is 4.65 Å². The molecule has 19 heavy (non-hydrogen) atoms. The zero-order valence-corrected chi connectivity index (χ0v) is 15.1. The van der Waals surface area contributed by atoms with E-state index in [-0.39, 0.29) is 31.0 Å². The standard InChI is InChI=1S/C14H31BO3.Na.H/c1-2-3-4-5-6-7-8-9-10-11-12-13-14-18-15(16)17;;/h16-17H,2-14H2,1H3;;/q;+1;-1. The Kier molecular flexibility index (Phi) is 22.2. The van der Waals surface area contributed by atoms with Gasteiger partial charge in [-0.3, -0.25) is 0 Å². The minimum atomic E-state index is -1.60. The van der Waals surface area contributed by atoms with E-state index < -0.39 is 7.32 Å². The van der Waals surface area contributed by atoms with Gasteiger partial charge < -0.3 is 16.1 Å². The minimum absolute atomic E-state index is 0. The van der Waals surface area contributed by atoms with Gasteiger partial charge in [-0.1, -0.05) is 77.6 Å². The second kappa shape index (κ2) is 18.9. The van der Waals surface area contributed by atoms with Gasteiger partial charge in [0.1, 0.15) is 0 Å². The largest absolute Gasteiger partial charge is 1.00 e. The molecule has 0 aliphatic heterocycles. The predicted molar refractivity (Wildman–Crippen MR) is 78.3 cm³/mol. The van der Waals surface area contributed by atoms with Crippen molar-refractivity contribution in [1.82, 2.24) is 0 Å². The van der Waals surface area contributed by atoms with Crippen LogP contribution in [0.4, 0.5) is 0 Å². The van der Waals surface area contributed by atoms with E-state index in [0.29, 0.717) is 6.61 Å². The Morgan fingerprint density at radius 2 is 1.11 bits per heavy atom. The molecule has 0 bridgehead atoms. The van der Waals surface area contributed by atoms with E-state index in [1.54, 1.807) is 0 Å². The average molecular weight is 282 g/mol. The van der Waals surface area contributed by atoms with Gasteiger partial charge in [0, 0.05) is 6.61 Å². The smallest absolute Gasteiger partial charge is 1.00 e. The third kappa shape index (κ3) is 21.4. The summed E-state index contributed by atoms with van der Waals surface area (Å²) in [5.41, 5.74) is 0. The maximum absolute atomic E-state index is 8.46. The van der Waals surface area contributed by atoms with Gasteiger partial charge in [0.25, 0.3) is 0 Å². The van der Waals surface area contributed by atoms with Gasteiger partial charge in [-0.25, -0.2) is 0 Å². The van der Waals surface area contributed by atoms with Crippen LogP contribution in [0.1, 0.15) is 85.4 Å². The quantitative estimate of drug-likeness (QED) is 0.366. The van der Waals surface area contributed by atoms with E-state index >= 15 is 0 Å². The predicted octanol–water partition coefficient (Wildman–Crippen LogP) is 0.790. The van der Waals surface area contributed by atoms with Gasteiger partial charge in [0.15, 0.2) is 0 Å². The molecule has 5 heteroatoms. The topological polar surface area (TPSA) is 49.7 Å². The molecule has 0 radical (unpaired) electrons. The fraction of sp³-hybridized carbons (Fsp3) is 1.00. The molecule has 0 rings (SSSR count). The molecule has 3 nitrogen and oxygen atoms in total. The fourth-order valence-electron chi connectivity index (χ4n) is 2.13. The van der Waals surface area contributed by atoms with E-state index in [2.05, 4.69) is 11.6 Å². The van der Waals surface area contributed by atoms with Crippen LogP contribution >= 0.6 is 0 Å². The second-order valence-corrected chi connectivity index (χ2v) is 5.09. The van der Waals surface area contributed by atoms with E-state index in [9.17, 15) is 0 Å². The maximum atomic E-state index is 8.46. The molecule has 0 spiro atoms. The Hall–Kier alpha value is 0.945. The van der Waals surface area contributed by atoms with Crippen molar-refractivity contribution < 1.29 is 45.7 Å². The summed E-state index contributed by atoms with van der Waals surface area (Å²) in [6.07, 6.45) is 15.7. The van der Waals surface area contributed by atoms with Crippen LogP contribution in [0, 0.1) is 0 Å². The molecule has 2 N–H and O–H groups in total. The van der Waals surface area contributed by atoms with Crippen molar-refractivity contribution in [3.63, 3.8) is 0 Å². The summed E-state index contributed by atoms with van der Waals surface area (Å²) in [6, 6.07) is 0. The fourth-order valence-corrected chi connectivity index (χ4v) is 2.13. The molecule has 0 saturated carbocycles. The van der Waals surface area contributed by atoms with Crippen LogP contribution in [0.25, 0.3) is 0 Å². The van der Waals surface area contributed by atoms with Crippen molar-refractivity contribution >= 4 is 7.32 Å². The Labute approximate surface area is 143 Å². The van der Waals surface area contributed by atoms with Crippen LogP contribution in [0.5, 0.6) is 0 Å². The van der Waals surface area contributed by atoms with Crippen LogP contribution in [-0.4, -0.2) is 24.0 Å². The van der Waals surface area contributed by atoms with Gasteiger partial charge in [0.2, 0.25) is 0 Å². The number of hydrogen-bond acceptors (Lipinski definition) is 3. The molecule has 0 aromatic rings. The number of hydrogen-bond donors (Lipinski definition) is 2. The summed E-state index contributed by atoms with van der Waals surface area (Å²) < 4.78 is 4.64. The zero-order valence-electron chi connectivity index (χ0n) is 14.1. The van der Waals surface area contributed by atoms with Crippen LogP contribution < -0.4 is 29.6 Å². The van der Waals surface area contributed by atoms with Crippen molar-refractivity contribution in [2.45, 2.75) is 84.0 Å². The Balaban J connectivity index is -0.00000144. The van der Waals surface area contributed by atoms with Crippen molar-refractivity contribution in [3.05, 3.63) is 0 Å². The van der Waals surface area contributed by atoms with Gasteiger partial charge >= 0.3 is 36.9 Å². The number of rotatable bonds is 14. The van der Waals surface area contributed by atoms with Gasteiger partial charge in [-0.15, -0.1) is 0 Å². The first-order valence-corrected chi connectivity index (χ1v) is 7.75. The molecular formula is C14H32BNaO3. The second-order valence-electron chi connectivity index (χ2n) is 5.09. The molecule has 110 valence electrons. The van der Waals surface area contributed by atoms with Crippen LogP contribution in [0.2, 0.25) is 0 Å². The van der Waals surface area contributed by atoms with E-state index in [0.717, 1.165) is 12.8 Å². The molecule has 0 aromatic carbocycles. The first-order valence-electron chi connectivity index (χ1n) is 7.75. The van der Waals surface area contributed by atoms with Crippen molar-refractivity contribution in [1.29, 1.82) is 0 Å². The van der Waals surface area contributed by atoms with Gasteiger partial charge in [-0.05, 0) is 6.42 Å². The first-order chi connectivity index (χ1) is 8.77. The molecule has 0 fully saturated rings. The van der Waals surface area contributed by atoms with Crippen LogP contribution in [0.15, 0.2) is 0 Å². The summed E-state index contributed by atoms with van der Waals surface area (Å²) in [5, 5.41) is 16.9. The SMILES string of the molecule is CCCCCCCCCCCCCCOB(O)O.[H-].[Na+]. The van der Waals surface area contributed by atoms with Crippen molar-refractivity contribution in [3.8, 4) is 0 Å². The molecule has 0 aromatic heterocycles. The molecular weight excluding hydrogens is 250 g/mol. The summed E-state index contributed by atoms with van der Waals surface area (Å²) in [6.45, 7) is 2.71. The van der Waals surface area contributed by atoms with Gasteiger partial charge in [0.05, 0.1) is 0 Å². The molecule has 0 heterocycles. The molecule has 0 saturated heterocycles. The summed E-state index contributed by atoms with van der Waals surface area (Å²) in [7, 11) is -1.60. The first kappa shape index (κ1) is 22.2. The maximum Gasteiger partial charge on any atom is 1.00 e. The van der Waals surface area contributed by atoms with E-state index in [4.69, 9.17) is 10.0 Å². The minimum Gasteiger partial charge on any atom is -1.00 e. The Morgan fingerprint density at radius 1 is 0.737 bits per heavy atom. The third-order valence-corrected chi connectivity index (χ3v) is 3.26. The van der Waals surface area contributed by atoms with Crippen molar-refractivity contribution in [2.24, 2.45) is 0 Å². The Morgan fingerprint density at radius 3 is 1.47 bits per heavy atom. The van der Waals surface area contributed by atoms with E-state index in [1.165, 1.54) is 64.2 Å². The number of unbranched alkanes of at least 4 members (excludes halogenated alkanes) is 11. The van der Waals surface area contributed by atoms with Crippen molar-refractivity contribution in [2.75, 3.05) is 6.61 Å². The Bertz CT molecular complexity index is 165. The van der Waals surface area contributed by atoms with E-state index in [1.807, 2.05) is 0 Å². The van der Waals surface area contributed by atoms with Gasteiger partial charge in [-0.2, -0.15) is 0 Å². The third-order valence-electron chi connectivity index (χ3n) is 3.26.